The zero-order chi connectivity index (χ0) is 14.4. The average Bonchev–Trinajstić information content (AvgIpc) is 2.97. The number of likely N-dealkylation sites (N-methyl/N-ethyl adjacent to an activating group) is 2. The van der Waals surface area contributed by atoms with Gasteiger partial charge in [-0.2, -0.15) is 5.10 Å². The summed E-state index contributed by atoms with van der Waals surface area (Å²) in [6.45, 7) is 2.21. The Morgan fingerprint density at radius 2 is 2.10 bits per heavy atom. The fraction of sp³-hybridized carbons (Fsp3) is 0.333. The van der Waals surface area contributed by atoms with Gasteiger partial charge in [0.15, 0.2) is 0 Å². The third-order valence-electron chi connectivity index (χ3n) is 3.15. The zero-order valence-corrected chi connectivity index (χ0v) is 11.9. The van der Waals surface area contributed by atoms with Crippen molar-refractivity contribution in [3.8, 4) is 0 Å². The lowest BCUT2D eigenvalue weighted by molar-refractivity contribution is 0.0797. The normalized spacial score (nSPS) is 10.5. The Balaban J connectivity index is 1.98. The molecular weight excluding hydrogens is 252 g/mol. The Bertz CT molecular complexity index is 534. The standard InChI is InChI=1S/C15H20N4O/c1-16-9-11-18(2)15(20)14-6-4-13(5-7-14)12-19-10-3-8-17-19/h3-8,10,16H,9,11-12H2,1-2H3. The minimum atomic E-state index is 0.0471. The number of nitrogens with zero attached hydrogens (tertiary/aromatic N) is 3. The van der Waals surface area contributed by atoms with E-state index in [9.17, 15) is 4.79 Å². The molecule has 106 valence electrons. The summed E-state index contributed by atoms with van der Waals surface area (Å²) in [6.07, 6.45) is 3.68. The van der Waals surface area contributed by atoms with Gasteiger partial charge in [0.2, 0.25) is 0 Å². The molecule has 2 rings (SSSR count). The molecule has 5 nitrogen and oxygen atoms in total. The van der Waals surface area contributed by atoms with Crippen molar-refractivity contribution in [2.75, 3.05) is 27.2 Å². The molecule has 2 aromatic rings. The Kier molecular flexibility index (Phi) is 4.90. The molecule has 1 aromatic carbocycles. The summed E-state index contributed by atoms with van der Waals surface area (Å²) >= 11 is 0. The minimum Gasteiger partial charge on any atom is -0.340 e. The molecule has 0 fully saturated rings. The Morgan fingerprint density at radius 3 is 2.70 bits per heavy atom. The van der Waals surface area contributed by atoms with Gasteiger partial charge in [-0.1, -0.05) is 12.1 Å². The smallest absolute Gasteiger partial charge is 0.253 e. The lowest BCUT2D eigenvalue weighted by atomic mass is 10.1. The first-order chi connectivity index (χ1) is 9.70. The summed E-state index contributed by atoms with van der Waals surface area (Å²) in [7, 11) is 3.69. The molecule has 1 heterocycles. The summed E-state index contributed by atoms with van der Waals surface area (Å²) in [5, 5.41) is 7.20. The third kappa shape index (κ3) is 3.68. The highest BCUT2D eigenvalue weighted by Gasteiger charge is 2.10. The molecule has 0 spiro atoms. The maximum atomic E-state index is 12.2. The van der Waals surface area contributed by atoms with Crippen LogP contribution in [0.4, 0.5) is 0 Å². The lowest BCUT2D eigenvalue weighted by Gasteiger charge is -2.17. The van der Waals surface area contributed by atoms with Crippen LogP contribution in [0.25, 0.3) is 0 Å². The molecule has 1 amide bonds. The molecule has 0 saturated heterocycles. The number of aromatic nitrogens is 2. The second kappa shape index (κ2) is 6.86. The minimum absolute atomic E-state index is 0.0471. The number of benzene rings is 1. The molecule has 0 atom stereocenters. The number of amides is 1. The highest BCUT2D eigenvalue weighted by molar-refractivity contribution is 5.94. The average molecular weight is 272 g/mol. The van der Waals surface area contributed by atoms with Gasteiger partial charge in [0.05, 0.1) is 6.54 Å². The van der Waals surface area contributed by atoms with Crippen molar-refractivity contribution in [2.45, 2.75) is 6.54 Å². The van der Waals surface area contributed by atoms with Gasteiger partial charge in [0.25, 0.3) is 5.91 Å². The first-order valence-corrected chi connectivity index (χ1v) is 6.67. The first kappa shape index (κ1) is 14.3. The van der Waals surface area contributed by atoms with E-state index in [2.05, 4.69) is 10.4 Å². The fourth-order valence-corrected chi connectivity index (χ4v) is 1.94. The lowest BCUT2D eigenvalue weighted by Crippen LogP contribution is -2.32. The van der Waals surface area contributed by atoms with Crippen LogP contribution in [0, 0.1) is 0 Å². The van der Waals surface area contributed by atoms with Crippen LogP contribution in [-0.2, 0) is 6.54 Å². The quantitative estimate of drug-likeness (QED) is 0.860. The summed E-state index contributed by atoms with van der Waals surface area (Å²) in [4.78, 5) is 13.9. The van der Waals surface area contributed by atoms with Crippen molar-refractivity contribution in [3.63, 3.8) is 0 Å². The topological polar surface area (TPSA) is 50.2 Å². The van der Waals surface area contributed by atoms with Crippen LogP contribution in [-0.4, -0.2) is 47.8 Å². The summed E-state index contributed by atoms with van der Waals surface area (Å²) in [5.74, 6) is 0.0471. The second-order valence-corrected chi connectivity index (χ2v) is 4.73. The van der Waals surface area contributed by atoms with E-state index in [1.165, 1.54) is 0 Å². The number of nitrogens with one attached hydrogen (secondary N) is 1. The Labute approximate surface area is 119 Å². The molecule has 0 radical (unpaired) electrons. The van der Waals surface area contributed by atoms with Gasteiger partial charge < -0.3 is 10.2 Å². The molecule has 20 heavy (non-hydrogen) atoms. The van der Waals surface area contributed by atoms with Crippen LogP contribution in [0.1, 0.15) is 15.9 Å². The number of hydrogen-bond donors (Lipinski definition) is 1. The van der Waals surface area contributed by atoms with Crippen LogP contribution in [0.2, 0.25) is 0 Å². The molecule has 0 aliphatic carbocycles. The number of carbonyl (C=O) groups is 1. The van der Waals surface area contributed by atoms with E-state index in [1.54, 1.807) is 11.1 Å². The van der Waals surface area contributed by atoms with Crippen LogP contribution >= 0.6 is 0 Å². The molecule has 0 bridgehead atoms. The Hall–Kier alpha value is -2.14. The predicted molar refractivity (Wildman–Crippen MR) is 78.7 cm³/mol. The van der Waals surface area contributed by atoms with Crippen molar-refractivity contribution in [2.24, 2.45) is 0 Å². The van der Waals surface area contributed by atoms with Gasteiger partial charge in [0.1, 0.15) is 0 Å². The maximum Gasteiger partial charge on any atom is 0.253 e. The zero-order valence-electron chi connectivity index (χ0n) is 11.9. The van der Waals surface area contributed by atoms with Crippen LogP contribution in [0.3, 0.4) is 0 Å². The number of carbonyl (C=O) groups excluding carboxylic acids is 1. The SMILES string of the molecule is CNCCN(C)C(=O)c1ccc(Cn2cccn2)cc1. The molecule has 1 N–H and O–H groups in total. The van der Waals surface area contributed by atoms with E-state index in [4.69, 9.17) is 0 Å². The Morgan fingerprint density at radius 1 is 1.35 bits per heavy atom. The van der Waals surface area contributed by atoms with E-state index in [0.29, 0.717) is 12.1 Å². The molecule has 0 aliphatic heterocycles. The maximum absolute atomic E-state index is 12.2. The van der Waals surface area contributed by atoms with Crippen molar-refractivity contribution >= 4 is 5.91 Å². The molecule has 0 unspecified atom stereocenters. The summed E-state index contributed by atoms with van der Waals surface area (Å²) in [5.41, 5.74) is 1.84. The van der Waals surface area contributed by atoms with Gasteiger partial charge in [-0.25, -0.2) is 0 Å². The van der Waals surface area contributed by atoms with Gasteiger partial charge in [-0.05, 0) is 30.8 Å². The van der Waals surface area contributed by atoms with Crippen LogP contribution in [0.5, 0.6) is 0 Å². The molecule has 0 aliphatic rings. The number of rotatable bonds is 6. The van der Waals surface area contributed by atoms with E-state index in [1.807, 2.05) is 55.3 Å². The molecule has 1 aromatic heterocycles. The van der Waals surface area contributed by atoms with Crippen molar-refractivity contribution in [1.82, 2.24) is 20.0 Å². The van der Waals surface area contributed by atoms with E-state index < -0.39 is 0 Å². The highest BCUT2D eigenvalue weighted by Crippen LogP contribution is 2.08. The molecule has 0 saturated carbocycles. The van der Waals surface area contributed by atoms with Gasteiger partial charge >= 0.3 is 0 Å². The van der Waals surface area contributed by atoms with Crippen molar-refractivity contribution in [3.05, 3.63) is 53.9 Å². The van der Waals surface area contributed by atoms with Crippen LogP contribution < -0.4 is 5.32 Å². The largest absolute Gasteiger partial charge is 0.340 e. The van der Waals surface area contributed by atoms with E-state index >= 15 is 0 Å². The van der Waals surface area contributed by atoms with Gasteiger partial charge in [-0.15, -0.1) is 0 Å². The van der Waals surface area contributed by atoms with Gasteiger partial charge in [0, 0.05) is 38.1 Å². The second-order valence-electron chi connectivity index (χ2n) is 4.73. The van der Waals surface area contributed by atoms with Crippen molar-refractivity contribution in [1.29, 1.82) is 0 Å². The number of hydrogen-bond acceptors (Lipinski definition) is 3. The van der Waals surface area contributed by atoms with E-state index in [-0.39, 0.29) is 5.91 Å². The highest BCUT2D eigenvalue weighted by atomic mass is 16.2. The van der Waals surface area contributed by atoms with E-state index in [0.717, 1.165) is 18.7 Å². The monoisotopic (exact) mass is 272 g/mol. The molecular formula is C15H20N4O. The first-order valence-electron chi connectivity index (χ1n) is 6.67. The van der Waals surface area contributed by atoms with Crippen LogP contribution in [0.15, 0.2) is 42.7 Å². The summed E-state index contributed by atoms with van der Waals surface area (Å²) < 4.78 is 1.86. The summed E-state index contributed by atoms with van der Waals surface area (Å²) in [6, 6.07) is 9.59. The predicted octanol–water partition coefficient (Wildman–Crippen LogP) is 1.22. The van der Waals surface area contributed by atoms with Gasteiger partial charge in [-0.3, -0.25) is 9.48 Å². The third-order valence-corrected chi connectivity index (χ3v) is 3.15. The van der Waals surface area contributed by atoms with Crippen molar-refractivity contribution < 1.29 is 4.79 Å². The molecule has 5 heteroatoms. The fourth-order valence-electron chi connectivity index (χ4n) is 1.94.